The van der Waals surface area contributed by atoms with Gasteiger partial charge in [0.15, 0.2) is 0 Å². The molecular weight excluding hydrogens is 459 g/mol. The van der Waals surface area contributed by atoms with E-state index < -0.39 is 23.1 Å². The van der Waals surface area contributed by atoms with Crippen LogP contribution in [0, 0.1) is 5.92 Å². The highest BCUT2D eigenvalue weighted by Crippen LogP contribution is 2.39. The van der Waals surface area contributed by atoms with Crippen LogP contribution in [-0.2, 0) is 23.9 Å². The molecule has 6 heteroatoms. The highest BCUT2D eigenvalue weighted by atomic mass is 127. The Morgan fingerprint density at radius 2 is 2.00 bits per heavy atom. The van der Waals surface area contributed by atoms with Gasteiger partial charge in [-0.25, -0.2) is 0 Å². The van der Waals surface area contributed by atoms with Gasteiger partial charge in [0.2, 0.25) is 17.2 Å². The van der Waals surface area contributed by atoms with E-state index in [0.717, 1.165) is 12.0 Å². The first-order chi connectivity index (χ1) is 12.6. The average Bonchev–Trinajstić information content (AvgIpc) is 2.62. The number of allylic oxidation sites excluding steroid dienone is 6. The second kappa shape index (κ2) is 8.37. The summed E-state index contributed by atoms with van der Waals surface area (Å²) in [5.41, 5.74) is -0.0281. The van der Waals surface area contributed by atoms with E-state index in [1.165, 1.54) is 20.1 Å². The first-order valence-electron chi connectivity index (χ1n) is 8.74. The van der Waals surface area contributed by atoms with Crippen molar-refractivity contribution in [2.24, 2.45) is 5.92 Å². The Balaban J connectivity index is 2.36. The van der Waals surface area contributed by atoms with Gasteiger partial charge < -0.3 is 9.47 Å². The Morgan fingerprint density at radius 1 is 1.33 bits per heavy atom. The zero-order valence-corrected chi connectivity index (χ0v) is 18.2. The number of halogens is 1. The minimum absolute atomic E-state index is 0.228. The van der Waals surface area contributed by atoms with E-state index in [1.807, 2.05) is 35.6 Å². The van der Waals surface area contributed by atoms with E-state index in [2.05, 4.69) is 19.9 Å². The average molecular weight is 482 g/mol. The molecule has 2 rings (SSSR count). The molecule has 0 fully saturated rings. The third-order valence-electron chi connectivity index (χ3n) is 4.49. The van der Waals surface area contributed by atoms with Crippen molar-refractivity contribution < 1.29 is 23.9 Å². The summed E-state index contributed by atoms with van der Waals surface area (Å²) in [6.07, 6.45) is 9.94. The zero-order valence-electron chi connectivity index (χ0n) is 16.1. The summed E-state index contributed by atoms with van der Waals surface area (Å²) in [6.45, 7) is 8.77. The molecule has 1 aliphatic carbocycles. The molecule has 0 aromatic rings. The van der Waals surface area contributed by atoms with Gasteiger partial charge in [-0.2, -0.15) is 0 Å². The summed E-state index contributed by atoms with van der Waals surface area (Å²) < 4.78 is 11.0. The summed E-state index contributed by atoms with van der Waals surface area (Å²) in [6, 6.07) is 0. The fraction of sp³-hybridized carbons (Fsp3) is 0.381. The highest BCUT2D eigenvalue weighted by molar-refractivity contribution is 14.1. The first kappa shape index (κ1) is 21.3. The SMILES string of the molecule is CC[C@H](C)C=C(C)C=CC1=CC2=C(I)C(=O)C(C)(OC(C)=O)C(=O)C2=CO1. The molecule has 0 saturated carbocycles. The molecule has 0 aromatic carbocycles. The second-order valence-corrected chi connectivity index (χ2v) is 7.92. The number of ketones is 2. The quantitative estimate of drug-likeness (QED) is 0.250. The van der Waals surface area contributed by atoms with Crippen LogP contribution in [0.15, 0.2) is 56.6 Å². The number of carbonyl (C=O) groups excluding carboxylic acids is 3. The molecule has 27 heavy (non-hydrogen) atoms. The van der Waals surface area contributed by atoms with Crippen molar-refractivity contribution in [2.75, 3.05) is 0 Å². The van der Waals surface area contributed by atoms with Crippen molar-refractivity contribution in [2.45, 2.75) is 46.6 Å². The fourth-order valence-corrected chi connectivity index (χ4v) is 3.76. The maximum atomic E-state index is 12.8. The molecule has 0 saturated heterocycles. The Bertz CT molecular complexity index is 841. The number of Topliss-reactive ketones (excluding diaryl/α,β-unsaturated/α-hetero) is 2. The highest BCUT2D eigenvalue weighted by Gasteiger charge is 2.52. The van der Waals surface area contributed by atoms with Gasteiger partial charge in [-0.05, 0) is 54.5 Å². The van der Waals surface area contributed by atoms with Crippen molar-refractivity contribution in [3.8, 4) is 0 Å². The summed E-state index contributed by atoms with van der Waals surface area (Å²) in [4.78, 5) is 36.8. The lowest BCUT2D eigenvalue weighted by Gasteiger charge is -2.32. The van der Waals surface area contributed by atoms with Crippen LogP contribution in [0.4, 0.5) is 0 Å². The number of fused-ring (bicyclic) bond motifs is 1. The van der Waals surface area contributed by atoms with Crippen LogP contribution in [-0.4, -0.2) is 23.1 Å². The molecule has 0 spiro atoms. The lowest BCUT2D eigenvalue weighted by Crippen LogP contribution is -2.51. The number of rotatable bonds is 5. The van der Waals surface area contributed by atoms with Crippen LogP contribution in [0.2, 0.25) is 0 Å². The van der Waals surface area contributed by atoms with Crippen molar-refractivity contribution in [3.05, 3.63) is 56.6 Å². The normalized spacial score (nSPS) is 24.3. The molecule has 1 unspecified atom stereocenters. The van der Waals surface area contributed by atoms with Gasteiger partial charge in [-0.1, -0.05) is 38.0 Å². The third-order valence-corrected chi connectivity index (χ3v) is 5.56. The Labute approximate surface area is 173 Å². The molecule has 2 atom stereocenters. The fourth-order valence-electron chi connectivity index (χ4n) is 2.80. The van der Waals surface area contributed by atoms with Crippen molar-refractivity contribution in [1.29, 1.82) is 0 Å². The van der Waals surface area contributed by atoms with E-state index in [-0.39, 0.29) is 5.57 Å². The van der Waals surface area contributed by atoms with Crippen molar-refractivity contribution in [3.63, 3.8) is 0 Å². The summed E-state index contributed by atoms with van der Waals surface area (Å²) in [5, 5.41) is 0. The van der Waals surface area contributed by atoms with E-state index in [4.69, 9.17) is 9.47 Å². The van der Waals surface area contributed by atoms with Crippen LogP contribution in [0.5, 0.6) is 0 Å². The van der Waals surface area contributed by atoms with Crippen molar-refractivity contribution in [1.82, 2.24) is 0 Å². The van der Waals surface area contributed by atoms with E-state index in [0.29, 0.717) is 20.8 Å². The second-order valence-electron chi connectivity index (χ2n) is 6.84. The lowest BCUT2D eigenvalue weighted by molar-refractivity contribution is -0.167. The van der Waals surface area contributed by atoms with Crippen LogP contribution >= 0.6 is 22.6 Å². The third kappa shape index (κ3) is 4.48. The largest absolute Gasteiger partial charge is 0.464 e. The van der Waals surface area contributed by atoms with Gasteiger partial charge in [0.05, 0.1) is 9.15 Å². The molecule has 0 N–H and O–H groups in total. The van der Waals surface area contributed by atoms with E-state index in [1.54, 1.807) is 12.2 Å². The number of esters is 1. The minimum atomic E-state index is -1.85. The van der Waals surface area contributed by atoms with Gasteiger partial charge in [-0.15, -0.1) is 0 Å². The predicted octanol–water partition coefficient (Wildman–Crippen LogP) is 4.50. The number of carbonyl (C=O) groups is 3. The predicted molar refractivity (Wildman–Crippen MR) is 111 cm³/mol. The van der Waals surface area contributed by atoms with Gasteiger partial charge in [0.1, 0.15) is 12.0 Å². The lowest BCUT2D eigenvalue weighted by atomic mass is 9.80. The van der Waals surface area contributed by atoms with Gasteiger partial charge in [0, 0.05) is 12.5 Å². The smallest absolute Gasteiger partial charge is 0.304 e. The molecular formula is C21H23IO5. The number of ether oxygens (including phenoxy) is 2. The summed E-state index contributed by atoms with van der Waals surface area (Å²) in [7, 11) is 0. The Morgan fingerprint density at radius 3 is 2.59 bits per heavy atom. The van der Waals surface area contributed by atoms with Crippen LogP contribution in [0.1, 0.15) is 41.0 Å². The Hall–Kier alpha value is -1.96. The van der Waals surface area contributed by atoms with Gasteiger partial charge in [0.25, 0.3) is 0 Å². The summed E-state index contributed by atoms with van der Waals surface area (Å²) in [5.74, 6) is -0.781. The number of hydrogen-bond acceptors (Lipinski definition) is 5. The molecule has 5 nitrogen and oxygen atoms in total. The molecule has 0 amide bonds. The van der Waals surface area contributed by atoms with Crippen LogP contribution in [0.3, 0.4) is 0 Å². The molecule has 1 heterocycles. The molecule has 0 radical (unpaired) electrons. The topological polar surface area (TPSA) is 69.7 Å². The maximum absolute atomic E-state index is 12.8. The van der Waals surface area contributed by atoms with E-state index >= 15 is 0 Å². The van der Waals surface area contributed by atoms with Crippen molar-refractivity contribution >= 4 is 40.1 Å². The van der Waals surface area contributed by atoms with Crippen LogP contribution < -0.4 is 0 Å². The molecule has 0 bridgehead atoms. The van der Waals surface area contributed by atoms with Crippen LogP contribution in [0.25, 0.3) is 0 Å². The molecule has 1 aliphatic heterocycles. The Kier molecular flexibility index (Phi) is 6.62. The monoisotopic (exact) mass is 482 g/mol. The summed E-state index contributed by atoms with van der Waals surface area (Å²) >= 11 is 1.88. The van der Waals surface area contributed by atoms with Gasteiger partial charge >= 0.3 is 5.97 Å². The molecule has 2 aliphatic rings. The van der Waals surface area contributed by atoms with Gasteiger partial charge in [-0.3, -0.25) is 14.4 Å². The maximum Gasteiger partial charge on any atom is 0.304 e. The first-order valence-corrected chi connectivity index (χ1v) is 9.82. The molecule has 144 valence electrons. The standard InChI is InChI=1S/C21H23IO5/c1-6-12(2)9-13(3)7-8-15-10-16-17(11-26-15)19(24)21(5,27-14(4)23)20(25)18(16)22/h7-12H,6H2,1-5H3/t12-,21?/m0/s1. The van der Waals surface area contributed by atoms with E-state index in [9.17, 15) is 14.4 Å². The minimum Gasteiger partial charge on any atom is -0.464 e. The zero-order chi connectivity index (χ0) is 20.4. The molecule has 0 aromatic heterocycles. The number of hydrogen-bond donors (Lipinski definition) is 0.